The molecular formula is C11H16FN3. The molecule has 0 aromatic carbocycles. The SMILES string of the molecule is CC1CCCC1CNc1ncc(F)cn1. The van der Waals surface area contributed by atoms with Crippen LogP contribution in [-0.2, 0) is 0 Å². The van der Waals surface area contributed by atoms with Crippen molar-refractivity contribution in [2.24, 2.45) is 11.8 Å². The lowest BCUT2D eigenvalue weighted by molar-refractivity contribution is 0.438. The summed E-state index contributed by atoms with van der Waals surface area (Å²) in [5.41, 5.74) is 0. The number of nitrogens with one attached hydrogen (secondary N) is 1. The van der Waals surface area contributed by atoms with Crippen LogP contribution in [-0.4, -0.2) is 16.5 Å². The number of hydrogen-bond donors (Lipinski definition) is 1. The van der Waals surface area contributed by atoms with Crippen molar-refractivity contribution in [2.75, 3.05) is 11.9 Å². The number of aromatic nitrogens is 2. The van der Waals surface area contributed by atoms with E-state index in [1.165, 1.54) is 31.7 Å². The van der Waals surface area contributed by atoms with Crippen molar-refractivity contribution >= 4 is 5.95 Å². The Balaban J connectivity index is 1.85. The Morgan fingerprint density at radius 1 is 1.40 bits per heavy atom. The van der Waals surface area contributed by atoms with Crippen LogP contribution in [0.3, 0.4) is 0 Å². The van der Waals surface area contributed by atoms with Crippen LogP contribution in [0.4, 0.5) is 10.3 Å². The summed E-state index contributed by atoms with van der Waals surface area (Å²) in [4.78, 5) is 7.73. The van der Waals surface area contributed by atoms with E-state index in [1.54, 1.807) is 0 Å². The molecule has 82 valence electrons. The minimum atomic E-state index is -0.394. The molecule has 1 aromatic rings. The third kappa shape index (κ3) is 2.64. The summed E-state index contributed by atoms with van der Waals surface area (Å²) >= 11 is 0. The predicted octanol–water partition coefficient (Wildman–Crippen LogP) is 2.46. The van der Waals surface area contributed by atoms with E-state index in [9.17, 15) is 4.39 Å². The van der Waals surface area contributed by atoms with Crippen molar-refractivity contribution in [3.8, 4) is 0 Å². The van der Waals surface area contributed by atoms with Crippen LogP contribution in [0, 0.1) is 17.7 Å². The molecule has 1 fully saturated rings. The van der Waals surface area contributed by atoms with E-state index in [1.807, 2.05) is 0 Å². The first-order chi connectivity index (χ1) is 7.25. The molecule has 1 aromatic heterocycles. The van der Waals surface area contributed by atoms with Crippen molar-refractivity contribution in [1.82, 2.24) is 9.97 Å². The van der Waals surface area contributed by atoms with Gasteiger partial charge in [0.1, 0.15) is 0 Å². The molecular weight excluding hydrogens is 193 g/mol. The summed E-state index contributed by atoms with van der Waals surface area (Å²) in [7, 11) is 0. The summed E-state index contributed by atoms with van der Waals surface area (Å²) in [5, 5.41) is 3.16. The fraction of sp³-hybridized carbons (Fsp3) is 0.636. The normalized spacial score (nSPS) is 25.5. The fourth-order valence-corrected chi connectivity index (χ4v) is 2.15. The topological polar surface area (TPSA) is 37.8 Å². The first-order valence-corrected chi connectivity index (χ1v) is 5.47. The predicted molar refractivity (Wildman–Crippen MR) is 57.0 cm³/mol. The van der Waals surface area contributed by atoms with Gasteiger partial charge in [-0.15, -0.1) is 0 Å². The number of rotatable bonds is 3. The second kappa shape index (κ2) is 4.55. The Hall–Kier alpha value is -1.19. The van der Waals surface area contributed by atoms with Crippen molar-refractivity contribution in [2.45, 2.75) is 26.2 Å². The van der Waals surface area contributed by atoms with Gasteiger partial charge in [-0.1, -0.05) is 19.8 Å². The van der Waals surface area contributed by atoms with Gasteiger partial charge < -0.3 is 5.32 Å². The fourth-order valence-electron chi connectivity index (χ4n) is 2.15. The van der Waals surface area contributed by atoms with Gasteiger partial charge in [-0.25, -0.2) is 14.4 Å². The first-order valence-electron chi connectivity index (χ1n) is 5.47. The third-order valence-corrected chi connectivity index (χ3v) is 3.18. The number of halogens is 1. The summed E-state index contributed by atoms with van der Waals surface area (Å²) in [6, 6.07) is 0. The lowest BCUT2D eigenvalue weighted by atomic mass is 9.98. The minimum absolute atomic E-state index is 0.394. The van der Waals surface area contributed by atoms with Crippen LogP contribution in [0.25, 0.3) is 0 Å². The van der Waals surface area contributed by atoms with Crippen LogP contribution in [0.5, 0.6) is 0 Å². The van der Waals surface area contributed by atoms with Gasteiger partial charge in [0.2, 0.25) is 5.95 Å². The zero-order valence-corrected chi connectivity index (χ0v) is 8.91. The zero-order chi connectivity index (χ0) is 10.7. The quantitative estimate of drug-likeness (QED) is 0.831. The summed E-state index contributed by atoms with van der Waals surface area (Å²) < 4.78 is 12.5. The highest BCUT2D eigenvalue weighted by Gasteiger charge is 2.22. The molecule has 4 heteroatoms. The smallest absolute Gasteiger partial charge is 0.222 e. The van der Waals surface area contributed by atoms with Crippen LogP contribution in [0.1, 0.15) is 26.2 Å². The molecule has 15 heavy (non-hydrogen) atoms. The van der Waals surface area contributed by atoms with Gasteiger partial charge in [-0.3, -0.25) is 0 Å². The Morgan fingerprint density at radius 2 is 2.13 bits per heavy atom. The molecule has 1 aliphatic rings. The number of hydrogen-bond acceptors (Lipinski definition) is 3. The van der Waals surface area contributed by atoms with Gasteiger partial charge in [-0.2, -0.15) is 0 Å². The summed E-state index contributed by atoms with van der Waals surface area (Å²) in [6.07, 6.45) is 6.28. The molecule has 1 N–H and O–H groups in total. The standard InChI is InChI=1S/C11H16FN3/c1-8-3-2-4-9(8)5-13-11-14-6-10(12)7-15-11/h6-9H,2-5H2,1H3,(H,13,14,15). The maximum absolute atomic E-state index is 12.5. The molecule has 2 unspecified atom stereocenters. The molecule has 3 nitrogen and oxygen atoms in total. The van der Waals surface area contributed by atoms with E-state index >= 15 is 0 Å². The molecule has 1 heterocycles. The van der Waals surface area contributed by atoms with E-state index in [0.29, 0.717) is 11.9 Å². The van der Waals surface area contributed by atoms with E-state index in [4.69, 9.17) is 0 Å². The maximum Gasteiger partial charge on any atom is 0.222 e. The lowest BCUT2D eigenvalue weighted by Crippen LogP contribution is -2.17. The van der Waals surface area contributed by atoms with E-state index in [2.05, 4.69) is 22.2 Å². The molecule has 0 aliphatic heterocycles. The van der Waals surface area contributed by atoms with Crippen molar-refractivity contribution < 1.29 is 4.39 Å². The zero-order valence-electron chi connectivity index (χ0n) is 8.91. The molecule has 2 atom stereocenters. The van der Waals surface area contributed by atoms with Crippen molar-refractivity contribution in [1.29, 1.82) is 0 Å². The van der Waals surface area contributed by atoms with E-state index < -0.39 is 5.82 Å². The summed E-state index contributed by atoms with van der Waals surface area (Å²) in [6.45, 7) is 3.18. The van der Waals surface area contributed by atoms with Crippen molar-refractivity contribution in [3.05, 3.63) is 18.2 Å². The second-order valence-electron chi connectivity index (χ2n) is 4.27. The highest BCUT2D eigenvalue weighted by molar-refractivity contribution is 5.22. The Morgan fingerprint density at radius 3 is 2.73 bits per heavy atom. The molecule has 0 saturated heterocycles. The summed E-state index contributed by atoms with van der Waals surface area (Å²) in [5.74, 6) is 1.61. The van der Waals surface area contributed by atoms with Gasteiger partial charge in [0.15, 0.2) is 5.82 Å². The molecule has 2 rings (SSSR count). The number of anilines is 1. The monoisotopic (exact) mass is 209 g/mol. The second-order valence-corrected chi connectivity index (χ2v) is 4.27. The minimum Gasteiger partial charge on any atom is -0.354 e. The first kappa shape index (κ1) is 10.3. The molecule has 1 saturated carbocycles. The number of nitrogens with zero attached hydrogens (tertiary/aromatic N) is 2. The molecule has 0 radical (unpaired) electrons. The average Bonchev–Trinajstić information content (AvgIpc) is 2.63. The van der Waals surface area contributed by atoms with Crippen LogP contribution in [0.2, 0.25) is 0 Å². The van der Waals surface area contributed by atoms with E-state index in [-0.39, 0.29) is 0 Å². The molecule has 0 bridgehead atoms. The van der Waals surface area contributed by atoms with Gasteiger partial charge >= 0.3 is 0 Å². The third-order valence-electron chi connectivity index (χ3n) is 3.18. The average molecular weight is 209 g/mol. The maximum atomic E-state index is 12.5. The largest absolute Gasteiger partial charge is 0.354 e. The Bertz CT molecular complexity index is 312. The highest BCUT2D eigenvalue weighted by atomic mass is 19.1. The Labute approximate surface area is 89.1 Å². The molecule has 0 spiro atoms. The molecule has 0 amide bonds. The van der Waals surface area contributed by atoms with Gasteiger partial charge in [0.05, 0.1) is 12.4 Å². The Kier molecular flexibility index (Phi) is 3.14. The van der Waals surface area contributed by atoms with Gasteiger partial charge in [0, 0.05) is 6.54 Å². The van der Waals surface area contributed by atoms with Gasteiger partial charge in [-0.05, 0) is 18.3 Å². The van der Waals surface area contributed by atoms with E-state index in [0.717, 1.165) is 12.5 Å². The van der Waals surface area contributed by atoms with Crippen LogP contribution < -0.4 is 5.32 Å². The van der Waals surface area contributed by atoms with Crippen LogP contribution >= 0.6 is 0 Å². The van der Waals surface area contributed by atoms with Gasteiger partial charge in [0.25, 0.3) is 0 Å². The lowest BCUT2D eigenvalue weighted by Gasteiger charge is -2.15. The van der Waals surface area contributed by atoms with Crippen molar-refractivity contribution in [3.63, 3.8) is 0 Å². The molecule has 1 aliphatic carbocycles. The highest BCUT2D eigenvalue weighted by Crippen LogP contribution is 2.30. The van der Waals surface area contributed by atoms with Crippen LogP contribution in [0.15, 0.2) is 12.4 Å².